The summed E-state index contributed by atoms with van der Waals surface area (Å²) in [5.41, 5.74) is 1.53. The molecule has 3 aromatic rings. The summed E-state index contributed by atoms with van der Waals surface area (Å²) in [4.78, 5) is 13.9. The fourth-order valence-electron chi connectivity index (χ4n) is 2.35. The van der Waals surface area contributed by atoms with Gasteiger partial charge in [-0.15, -0.1) is 4.40 Å². The molecule has 0 spiro atoms. The van der Waals surface area contributed by atoms with E-state index in [9.17, 15) is 9.18 Å². The van der Waals surface area contributed by atoms with Crippen LogP contribution in [0.2, 0.25) is 0 Å². The molecule has 0 fully saturated rings. The lowest BCUT2D eigenvalue weighted by atomic mass is 10.1. The number of unbranched alkanes of at least 4 members (excludes halogenated alkanes) is 1. The molecule has 0 radical (unpaired) electrons. The van der Waals surface area contributed by atoms with Crippen molar-refractivity contribution in [1.82, 2.24) is 0 Å². The minimum atomic E-state index is -0.327. The molecule has 23 heavy (non-hydrogen) atoms. The fourth-order valence-corrected chi connectivity index (χ4v) is 3.41. The van der Waals surface area contributed by atoms with E-state index >= 15 is 0 Å². The number of benzene rings is 1. The lowest BCUT2D eigenvalue weighted by Gasteiger charge is -2.02. The van der Waals surface area contributed by atoms with E-state index in [1.54, 1.807) is 12.1 Å². The third kappa shape index (κ3) is 3.24. The largest absolute Gasteiger partial charge is 0.461 e. The lowest BCUT2D eigenvalue weighted by molar-refractivity contribution is -0.495. The molecule has 118 valence electrons. The molecule has 0 unspecified atom stereocenters. The first-order chi connectivity index (χ1) is 11.2. The van der Waals surface area contributed by atoms with Gasteiger partial charge in [0.1, 0.15) is 5.82 Å². The third-order valence-corrected chi connectivity index (χ3v) is 4.63. The number of carbonyl (C=O) groups is 1. The van der Waals surface area contributed by atoms with Crippen LogP contribution in [0.1, 0.15) is 29.4 Å². The van der Waals surface area contributed by atoms with Crippen molar-refractivity contribution in [2.75, 3.05) is 6.61 Å². The van der Waals surface area contributed by atoms with E-state index in [0.717, 1.165) is 28.9 Å². The van der Waals surface area contributed by atoms with Crippen LogP contribution < -0.4 is 4.40 Å². The summed E-state index contributed by atoms with van der Waals surface area (Å²) < 4.78 is 20.5. The summed E-state index contributed by atoms with van der Waals surface area (Å²) in [7, 11) is 0. The van der Waals surface area contributed by atoms with Gasteiger partial charge in [0, 0.05) is 17.7 Å². The molecular weight excluding hydrogens is 313 g/mol. The SMILES string of the molecule is CCCCOC(=O)c1sc2cccc[n+]2c1-c1ccc(F)cc1. The second kappa shape index (κ2) is 6.87. The minimum Gasteiger partial charge on any atom is -0.461 e. The molecule has 2 heterocycles. The number of rotatable bonds is 5. The van der Waals surface area contributed by atoms with Gasteiger partial charge in [-0.3, -0.25) is 0 Å². The van der Waals surface area contributed by atoms with Gasteiger partial charge in [-0.2, -0.15) is 0 Å². The van der Waals surface area contributed by atoms with Crippen molar-refractivity contribution in [3.05, 3.63) is 59.4 Å². The molecule has 0 bridgehead atoms. The molecule has 0 saturated heterocycles. The average Bonchev–Trinajstić information content (AvgIpc) is 2.95. The Hall–Kier alpha value is -2.27. The summed E-state index contributed by atoms with van der Waals surface area (Å²) >= 11 is 1.38. The standard InChI is InChI=1S/C18H17FNO2S/c1-2-3-12-22-18(21)17-16(13-7-9-14(19)10-8-13)20-11-5-4-6-15(20)23-17/h4-11H,2-3,12H2,1H3/q+1. The highest BCUT2D eigenvalue weighted by atomic mass is 32.1. The highest BCUT2D eigenvalue weighted by molar-refractivity contribution is 7.19. The van der Waals surface area contributed by atoms with E-state index in [0.29, 0.717) is 11.5 Å². The normalized spacial score (nSPS) is 10.9. The van der Waals surface area contributed by atoms with Gasteiger partial charge in [0.25, 0.3) is 4.83 Å². The summed E-state index contributed by atoms with van der Waals surface area (Å²) in [5, 5.41) is 0. The zero-order valence-electron chi connectivity index (χ0n) is 12.8. The summed E-state index contributed by atoms with van der Waals surface area (Å²) in [6.07, 6.45) is 3.71. The Morgan fingerprint density at radius 1 is 1.22 bits per heavy atom. The number of halogens is 1. The second-order valence-corrected chi connectivity index (χ2v) is 6.22. The van der Waals surface area contributed by atoms with Crippen LogP contribution in [0.25, 0.3) is 16.1 Å². The molecule has 3 nitrogen and oxygen atoms in total. The van der Waals surface area contributed by atoms with Crippen molar-refractivity contribution in [3.8, 4) is 11.3 Å². The molecule has 0 aliphatic carbocycles. The Kier molecular flexibility index (Phi) is 4.67. The molecule has 0 aliphatic rings. The van der Waals surface area contributed by atoms with E-state index in [1.165, 1.54) is 23.5 Å². The Labute approximate surface area is 138 Å². The van der Waals surface area contributed by atoms with Gasteiger partial charge < -0.3 is 4.74 Å². The van der Waals surface area contributed by atoms with Crippen LogP contribution in [-0.2, 0) is 4.74 Å². The molecule has 0 amide bonds. The second-order valence-electron chi connectivity index (χ2n) is 5.19. The summed E-state index contributed by atoms with van der Waals surface area (Å²) in [6, 6.07) is 11.9. The molecule has 0 N–H and O–H groups in total. The number of hydrogen-bond acceptors (Lipinski definition) is 3. The minimum absolute atomic E-state index is 0.301. The van der Waals surface area contributed by atoms with E-state index in [1.807, 2.05) is 35.7 Å². The molecule has 3 rings (SSSR count). The van der Waals surface area contributed by atoms with E-state index < -0.39 is 0 Å². The number of pyridine rings is 1. The maximum Gasteiger partial charge on any atom is 0.355 e. The predicted molar refractivity (Wildman–Crippen MR) is 88.1 cm³/mol. The molecule has 0 aliphatic heterocycles. The van der Waals surface area contributed by atoms with Gasteiger partial charge in [-0.25, -0.2) is 9.18 Å². The first-order valence-corrected chi connectivity index (χ1v) is 8.38. The van der Waals surface area contributed by atoms with Crippen LogP contribution in [0, 0.1) is 5.82 Å². The maximum atomic E-state index is 13.2. The Morgan fingerprint density at radius 2 is 2.00 bits per heavy atom. The summed E-state index contributed by atoms with van der Waals surface area (Å²) in [5.74, 6) is -0.628. The number of ether oxygens (including phenoxy) is 1. The number of hydrogen-bond donors (Lipinski definition) is 0. The van der Waals surface area contributed by atoms with Crippen molar-refractivity contribution in [3.63, 3.8) is 0 Å². The van der Waals surface area contributed by atoms with Crippen LogP contribution in [0.5, 0.6) is 0 Å². The monoisotopic (exact) mass is 330 g/mol. The smallest absolute Gasteiger partial charge is 0.355 e. The molecule has 2 aromatic heterocycles. The number of aromatic nitrogens is 1. The van der Waals surface area contributed by atoms with Gasteiger partial charge in [0.2, 0.25) is 5.69 Å². The molecule has 0 saturated carbocycles. The number of thiazole rings is 1. The van der Waals surface area contributed by atoms with Crippen molar-refractivity contribution in [2.24, 2.45) is 0 Å². The lowest BCUT2D eigenvalue weighted by Crippen LogP contribution is -2.22. The van der Waals surface area contributed by atoms with Crippen molar-refractivity contribution in [2.45, 2.75) is 19.8 Å². The van der Waals surface area contributed by atoms with Gasteiger partial charge in [-0.1, -0.05) is 24.7 Å². The van der Waals surface area contributed by atoms with Crippen molar-refractivity contribution < 1.29 is 18.3 Å². The van der Waals surface area contributed by atoms with Crippen LogP contribution in [0.15, 0.2) is 48.7 Å². The number of esters is 1. The number of nitrogens with zero attached hydrogens (tertiary/aromatic N) is 1. The van der Waals surface area contributed by atoms with Crippen LogP contribution in [-0.4, -0.2) is 12.6 Å². The zero-order valence-corrected chi connectivity index (χ0v) is 13.6. The first kappa shape index (κ1) is 15.6. The van der Waals surface area contributed by atoms with Crippen LogP contribution in [0.4, 0.5) is 4.39 Å². The number of carbonyl (C=O) groups excluding carboxylic acids is 1. The average molecular weight is 330 g/mol. The topological polar surface area (TPSA) is 30.4 Å². The Morgan fingerprint density at radius 3 is 2.74 bits per heavy atom. The first-order valence-electron chi connectivity index (χ1n) is 7.57. The Balaban J connectivity index is 2.08. The van der Waals surface area contributed by atoms with E-state index in [2.05, 4.69) is 0 Å². The molecular formula is C18H17FNO2S+. The van der Waals surface area contributed by atoms with E-state index in [-0.39, 0.29) is 11.8 Å². The fraction of sp³-hybridized carbons (Fsp3) is 0.222. The Bertz CT molecular complexity index is 827. The number of fused-ring (bicyclic) bond motifs is 1. The molecule has 0 atom stereocenters. The van der Waals surface area contributed by atoms with Crippen LogP contribution in [0.3, 0.4) is 0 Å². The van der Waals surface area contributed by atoms with Gasteiger partial charge in [-0.05, 0) is 36.8 Å². The van der Waals surface area contributed by atoms with Crippen molar-refractivity contribution >= 4 is 22.1 Å². The highest BCUT2D eigenvalue weighted by Gasteiger charge is 2.28. The van der Waals surface area contributed by atoms with Gasteiger partial charge in [0.05, 0.1) is 6.61 Å². The van der Waals surface area contributed by atoms with Crippen molar-refractivity contribution in [1.29, 1.82) is 0 Å². The van der Waals surface area contributed by atoms with Gasteiger partial charge >= 0.3 is 5.97 Å². The zero-order chi connectivity index (χ0) is 16.2. The van der Waals surface area contributed by atoms with Crippen LogP contribution >= 0.6 is 11.3 Å². The predicted octanol–water partition coefficient (Wildman–Crippen LogP) is 4.25. The summed E-state index contributed by atoms with van der Waals surface area (Å²) in [6.45, 7) is 2.46. The quantitative estimate of drug-likeness (QED) is 0.398. The third-order valence-electron chi connectivity index (χ3n) is 3.52. The molecule has 5 heteroatoms. The molecule has 1 aromatic carbocycles. The highest BCUT2D eigenvalue weighted by Crippen LogP contribution is 2.28. The maximum absolute atomic E-state index is 13.2. The van der Waals surface area contributed by atoms with E-state index in [4.69, 9.17) is 4.74 Å². The van der Waals surface area contributed by atoms with Gasteiger partial charge in [0.15, 0.2) is 11.1 Å².